The van der Waals surface area contributed by atoms with Gasteiger partial charge in [-0.05, 0) is 44.6 Å². The summed E-state index contributed by atoms with van der Waals surface area (Å²) in [6.45, 7) is 6.25. The average Bonchev–Trinajstić information content (AvgIpc) is 2.66. The van der Waals surface area contributed by atoms with Gasteiger partial charge in [-0.3, -0.25) is 0 Å². The predicted molar refractivity (Wildman–Crippen MR) is 109 cm³/mol. The lowest BCUT2D eigenvalue weighted by atomic mass is 10.1. The Morgan fingerprint density at radius 3 is 1.81 bits per heavy atom. The highest BCUT2D eigenvalue weighted by Gasteiger charge is 2.08. The van der Waals surface area contributed by atoms with E-state index in [0.29, 0.717) is 6.79 Å². The van der Waals surface area contributed by atoms with E-state index in [0.717, 1.165) is 38.9 Å². The molecule has 26 heavy (non-hydrogen) atoms. The Morgan fingerprint density at radius 2 is 1.27 bits per heavy atom. The molecule has 0 heterocycles. The van der Waals surface area contributed by atoms with Crippen LogP contribution in [0.2, 0.25) is 0 Å². The van der Waals surface area contributed by atoms with Gasteiger partial charge in [0, 0.05) is 20.3 Å². The van der Waals surface area contributed by atoms with Gasteiger partial charge in [0.25, 0.3) is 0 Å². The SMILES string of the molecule is CCCOC(CCCCCCCCCCCC=COCOC)OCCC. The molecule has 0 N–H and O–H groups in total. The summed E-state index contributed by atoms with van der Waals surface area (Å²) < 4.78 is 21.5. The van der Waals surface area contributed by atoms with Gasteiger partial charge in [0.2, 0.25) is 0 Å². The molecule has 4 nitrogen and oxygen atoms in total. The average molecular weight is 373 g/mol. The smallest absolute Gasteiger partial charge is 0.187 e. The van der Waals surface area contributed by atoms with Crippen molar-refractivity contribution in [1.82, 2.24) is 0 Å². The lowest BCUT2D eigenvalue weighted by Gasteiger charge is -2.18. The highest BCUT2D eigenvalue weighted by molar-refractivity contribution is 4.72. The van der Waals surface area contributed by atoms with Crippen LogP contribution in [-0.2, 0) is 18.9 Å². The first-order valence-corrected chi connectivity index (χ1v) is 10.8. The van der Waals surface area contributed by atoms with E-state index in [9.17, 15) is 0 Å². The minimum atomic E-state index is 0.0175. The molecule has 156 valence electrons. The van der Waals surface area contributed by atoms with Crippen molar-refractivity contribution in [2.75, 3.05) is 27.1 Å². The molecule has 0 aliphatic heterocycles. The van der Waals surface area contributed by atoms with Crippen molar-refractivity contribution in [2.45, 2.75) is 104 Å². The van der Waals surface area contributed by atoms with Crippen molar-refractivity contribution >= 4 is 0 Å². The molecule has 0 atom stereocenters. The van der Waals surface area contributed by atoms with Crippen LogP contribution in [0, 0.1) is 0 Å². The standard InChI is InChI=1S/C22H44O4/c1-4-18-25-22(26-19-5-2)17-15-13-11-9-7-6-8-10-12-14-16-20-24-21-23-3/h16,20,22H,4-15,17-19,21H2,1-3H3. The molecule has 0 aromatic rings. The Morgan fingerprint density at radius 1 is 0.731 bits per heavy atom. The second kappa shape index (κ2) is 22.5. The Labute approximate surface area is 162 Å². The van der Waals surface area contributed by atoms with Gasteiger partial charge in [-0.25, -0.2) is 0 Å². The zero-order valence-corrected chi connectivity index (χ0v) is 17.7. The lowest BCUT2D eigenvalue weighted by Crippen LogP contribution is -2.18. The molecule has 0 bridgehead atoms. The van der Waals surface area contributed by atoms with Crippen LogP contribution in [0.1, 0.15) is 97.3 Å². The van der Waals surface area contributed by atoms with Crippen molar-refractivity contribution in [1.29, 1.82) is 0 Å². The Balaban J connectivity index is 3.32. The summed E-state index contributed by atoms with van der Waals surface area (Å²) >= 11 is 0. The summed E-state index contributed by atoms with van der Waals surface area (Å²) in [4.78, 5) is 0. The van der Waals surface area contributed by atoms with Crippen LogP contribution < -0.4 is 0 Å². The number of methoxy groups -OCH3 is 1. The third-order valence-electron chi connectivity index (χ3n) is 4.20. The van der Waals surface area contributed by atoms with Crippen LogP contribution in [0.3, 0.4) is 0 Å². The fourth-order valence-electron chi connectivity index (χ4n) is 2.77. The van der Waals surface area contributed by atoms with Crippen LogP contribution in [-0.4, -0.2) is 33.4 Å². The van der Waals surface area contributed by atoms with Crippen molar-refractivity contribution in [3.8, 4) is 0 Å². The minimum absolute atomic E-state index is 0.0175. The van der Waals surface area contributed by atoms with Gasteiger partial charge < -0.3 is 18.9 Å². The maximum Gasteiger partial charge on any atom is 0.187 e. The van der Waals surface area contributed by atoms with Gasteiger partial charge in [0.1, 0.15) is 0 Å². The molecule has 0 spiro atoms. The normalized spacial score (nSPS) is 11.7. The largest absolute Gasteiger partial charge is 0.476 e. The van der Waals surface area contributed by atoms with Crippen LogP contribution >= 0.6 is 0 Å². The molecule has 4 heteroatoms. The van der Waals surface area contributed by atoms with Crippen LogP contribution in [0.25, 0.3) is 0 Å². The predicted octanol–water partition coefficient (Wildman–Crippen LogP) is 6.59. The molecule has 0 aliphatic carbocycles. The summed E-state index contributed by atoms with van der Waals surface area (Å²) in [7, 11) is 1.63. The van der Waals surface area contributed by atoms with E-state index in [1.165, 1.54) is 57.8 Å². The fourth-order valence-corrected chi connectivity index (χ4v) is 2.77. The number of allylic oxidation sites excluding steroid dienone is 1. The third kappa shape index (κ3) is 19.7. The van der Waals surface area contributed by atoms with E-state index in [1.807, 2.05) is 0 Å². The molecule has 0 fully saturated rings. The van der Waals surface area contributed by atoms with Gasteiger partial charge in [-0.15, -0.1) is 0 Å². The zero-order valence-electron chi connectivity index (χ0n) is 17.7. The van der Waals surface area contributed by atoms with E-state index in [2.05, 4.69) is 19.9 Å². The highest BCUT2D eigenvalue weighted by atomic mass is 16.7. The molecule has 0 rings (SSSR count). The van der Waals surface area contributed by atoms with E-state index in [4.69, 9.17) is 18.9 Å². The molecular formula is C22H44O4. The third-order valence-corrected chi connectivity index (χ3v) is 4.20. The highest BCUT2D eigenvalue weighted by Crippen LogP contribution is 2.14. The molecule has 0 aromatic carbocycles. The molecule has 0 aliphatic rings. The second-order valence-corrected chi connectivity index (χ2v) is 6.88. The first kappa shape index (κ1) is 25.4. The van der Waals surface area contributed by atoms with Gasteiger partial charge in [0.15, 0.2) is 13.1 Å². The van der Waals surface area contributed by atoms with Gasteiger partial charge in [0.05, 0.1) is 6.26 Å². The zero-order chi connectivity index (χ0) is 19.1. The number of rotatable bonds is 21. The molecule has 0 saturated heterocycles. The fraction of sp³-hybridized carbons (Fsp3) is 0.909. The van der Waals surface area contributed by atoms with Crippen molar-refractivity contribution in [3.63, 3.8) is 0 Å². The summed E-state index contributed by atoms with van der Waals surface area (Å²) in [5.74, 6) is 0. The Kier molecular flexibility index (Phi) is 22.0. The van der Waals surface area contributed by atoms with E-state index in [1.54, 1.807) is 13.4 Å². The molecule has 0 saturated carbocycles. The maximum absolute atomic E-state index is 5.77. The first-order valence-electron chi connectivity index (χ1n) is 10.8. The first-order chi connectivity index (χ1) is 12.8. The van der Waals surface area contributed by atoms with E-state index < -0.39 is 0 Å². The van der Waals surface area contributed by atoms with E-state index >= 15 is 0 Å². The molecule has 0 unspecified atom stereocenters. The van der Waals surface area contributed by atoms with Crippen molar-refractivity contribution < 1.29 is 18.9 Å². The van der Waals surface area contributed by atoms with Crippen molar-refractivity contribution in [2.24, 2.45) is 0 Å². The van der Waals surface area contributed by atoms with Crippen molar-refractivity contribution in [3.05, 3.63) is 12.3 Å². The monoisotopic (exact) mass is 372 g/mol. The van der Waals surface area contributed by atoms with Crippen LogP contribution in [0.4, 0.5) is 0 Å². The summed E-state index contributed by atoms with van der Waals surface area (Å²) in [6.07, 6.45) is 20.0. The summed E-state index contributed by atoms with van der Waals surface area (Å²) in [5, 5.41) is 0. The maximum atomic E-state index is 5.77. The second-order valence-electron chi connectivity index (χ2n) is 6.88. The number of hydrogen-bond acceptors (Lipinski definition) is 4. The molecule has 0 amide bonds. The molecule has 0 aromatic heterocycles. The van der Waals surface area contributed by atoms with Crippen LogP contribution in [0.15, 0.2) is 12.3 Å². The lowest BCUT2D eigenvalue weighted by molar-refractivity contribution is -0.146. The molecule has 0 radical (unpaired) electrons. The van der Waals surface area contributed by atoms with Gasteiger partial charge >= 0.3 is 0 Å². The number of ether oxygens (including phenoxy) is 4. The quantitative estimate of drug-likeness (QED) is 0.129. The van der Waals surface area contributed by atoms with E-state index in [-0.39, 0.29) is 6.29 Å². The summed E-state index contributed by atoms with van der Waals surface area (Å²) in [6, 6.07) is 0. The minimum Gasteiger partial charge on any atom is -0.476 e. The summed E-state index contributed by atoms with van der Waals surface area (Å²) in [5.41, 5.74) is 0. The van der Waals surface area contributed by atoms with Crippen LogP contribution in [0.5, 0.6) is 0 Å². The van der Waals surface area contributed by atoms with Gasteiger partial charge in [-0.1, -0.05) is 58.8 Å². The number of unbranched alkanes of at least 4 members (excludes halogenated alkanes) is 9. The molecular weight excluding hydrogens is 328 g/mol. The Hall–Kier alpha value is -0.580. The van der Waals surface area contributed by atoms with Gasteiger partial charge in [-0.2, -0.15) is 0 Å². The topological polar surface area (TPSA) is 36.9 Å². The number of hydrogen-bond donors (Lipinski definition) is 0. The Bertz CT molecular complexity index is 273.